The zero-order valence-electron chi connectivity index (χ0n) is 17.2. The van der Waals surface area contributed by atoms with Gasteiger partial charge in [0.15, 0.2) is 0 Å². The van der Waals surface area contributed by atoms with Crippen LogP contribution in [-0.4, -0.2) is 24.6 Å². The van der Waals surface area contributed by atoms with Gasteiger partial charge >= 0.3 is 5.97 Å². The van der Waals surface area contributed by atoms with Crippen LogP contribution in [0.1, 0.15) is 65.2 Å². The van der Waals surface area contributed by atoms with E-state index in [1.54, 1.807) is 0 Å². The zero-order valence-corrected chi connectivity index (χ0v) is 17.2. The molecule has 4 heteroatoms. The van der Waals surface area contributed by atoms with Crippen molar-refractivity contribution in [3.8, 4) is 0 Å². The van der Waals surface area contributed by atoms with Gasteiger partial charge in [-0.05, 0) is 48.9 Å². The molecule has 3 saturated carbocycles. The SMILES string of the molecule is COC(=O)[C@@H]1C=C2CC(=O)CCC2(C)C2CC[C@@]34C(=O)CC[C@]3(C)CC=C4C21. The van der Waals surface area contributed by atoms with E-state index in [-0.39, 0.29) is 39.8 Å². The van der Waals surface area contributed by atoms with Crippen molar-refractivity contribution in [1.29, 1.82) is 0 Å². The zero-order chi connectivity index (χ0) is 19.9. The van der Waals surface area contributed by atoms with Gasteiger partial charge < -0.3 is 4.74 Å². The van der Waals surface area contributed by atoms with Crippen LogP contribution in [0.2, 0.25) is 0 Å². The lowest BCUT2D eigenvalue weighted by Crippen LogP contribution is -2.54. The van der Waals surface area contributed by atoms with Crippen LogP contribution >= 0.6 is 0 Å². The third-order valence-electron chi connectivity index (χ3n) is 9.40. The van der Waals surface area contributed by atoms with E-state index in [2.05, 4.69) is 26.0 Å². The number of Topliss-reactive ketones (excluding diaryl/α,β-unsaturated/α-hetero) is 2. The Morgan fingerprint density at radius 1 is 1.14 bits per heavy atom. The monoisotopic (exact) mass is 382 g/mol. The standard InChI is InChI=1S/C24H30O4/c1-22-8-5-18-20-16(21(27)28-3)13-14-12-15(25)4-10-23(14,2)17(20)6-11-24(18,22)19(26)7-9-22/h5,13,16-17,20H,4,6-12H2,1-3H3/t16-,17?,20?,22+,23?,24-/m1/s1. The first-order chi connectivity index (χ1) is 13.3. The van der Waals surface area contributed by atoms with E-state index >= 15 is 0 Å². The summed E-state index contributed by atoms with van der Waals surface area (Å²) in [4.78, 5) is 38.3. The minimum atomic E-state index is -0.372. The second kappa shape index (κ2) is 5.67. The number of carbonyl (C=O) groups excluding carboxylic acids is 3. The highest BCUT2D eigenvalue weighted by Gasteiger charge is 2.68. The Bertz CT molecular complexity index is 851. The summed E-state index contributed by atoms with van der Waals surface area (Å²) in [5.74, 6) is 0.406. The number of allylic oxidation sites excluding steroid dienone is 3. The number of rotatable bonds is 1. The number of ether oxygens (including phenoxy) is 1. The molecule has 0 heterocycles. The summed E-state index contributed by atoms with van der Waals surface area (Å²) < 4.78 is 5.21. The minimum Gasteiger partial charge on any atom is -0.469 e. The van der Waals surface area contributed by atoms with Crippen molar-refractivity contribution < 1.29 is 19.1 Å². The smallest absolute Gasteiger partial charge is 0.313 e. The largest absolute Gasteiger partial charge is 0.469 e. The fraction of sp³-hybridized carbons (Fsp3) is 0.708. The lowest BCUT2D eigenvalue weighted by molar-refractivity contribution is -0.149. The summed E-state index contributed by atoms with van der Waals surface area (Å²) in [5, 5.41) is 0. The van der Waals surface area contributed by atoms with Gasteiger partial charge in [0, 0.05) is 25.2 Å². The summed E-state index contributed by atoms with van der Waals surface area (Å²) in [6.07, 6.45) is 10.7. The molecule has 5 rings (SSSR count). The highest BCUT2D eigenvalue weighted by Crippen LogP contribution is 2.71. The number of fused-ring (bicyclic) bond motifs is 4. The third kappa shape index (κ3) is 1.99. The van der Waals surface area contributed by atoms with Crippen LogP contribution in [0.15, 0.2) is 23.3 Å². The maximum absolute atomic E-state index is 13.2. The van der Waals surface area contributed by atoms with E-state index in [1.807, 2.05) is 0 Å². The Morgan fingerprint density at radius 2 is 1.93 bits per heavy atom. The van der Waals surface area contributed by atoms with Crippen LogP contribution in [-0.2, 0) is 19.1 Å². The summed E-state index contributed by atoms with van der Waals surface area (Å²) in [7, 11) is 1.45. The molecule has 5 aliphatic carbocycles. The summed E-state index contributed by atoms with van der Waals surface area (Å²) in [5.41, 5.74) is 1.96. The van der Waals surface area contributed by atoms with E-state index in [4.69, 9.17) is 4.74 Å². The first-order valence-corrected chi connectivity index (χ1v) is 10.8. The average Bonchev–Trinajstić information content (AvgIpc) is 3.11. The summed E-state index contributed by atoms with van der Waals surface area (Å²) in [6, 6.07) is 0. The van der Waals surface area contributed by atoms with Gasteiger partial charge in [-0.3, -0.25) is 14.4 Å². The lowest BCUT2D eigenvalue weighted by Gasteiger charge is -2.57. The van der Waals surface area contributed by atoms with Gasteiger partial charge in [0.2, 0.25) is 0 Å². The van der Waals surface area contributed by atoms with Gasteiger partial charge in [-0.2, -0.15) is 0 Å². The number of carbonyl (C=O) groups is 3. The molecule has 0 aromatic carbocycles. The Labute approximate surface area is 166 Å². The molecule has 0 amide bonds. The molecule has 0 aromatic rings. The first kappa shape index (κ1) is 18.3. The number of ketones is 2. The van der Waals surface area contributed by atoms with Gasteiger partial charge in [0.25, 0.3) is 0 Å². The van der Waals surface area contributed by atoms with Crippen LogP contribution in [0.5, 0.6) is 0 Å². The highest BCUT2D eigenvalue weighted by atomic mass is 16.5. The molecular weight excluding hydrogens is 352 g/mol. The van der Waals surface area contributed by atoms with Crippen LogP contribution in [0.4, 0.5) is 0 Å². The Morgan fingerprint density at radius 3 is 2.68 bits per heavy atom. The molecule has 4 nitrogen and oxygen atoms in total. The molecule has 0 aliphatic heterocycles. The number of hydrogen-bond acceptors (Lipinski definition) is 4. The van der Waals surface area contributed by atoms with Crippen molar-refractivity contribution in [3.05, 3.63) is 23.3 Å². The second-order valence-corrected chi connectivity index (χ2v) is 10.3. The lowest BCUT2D eigenvalue weighted by atomic mass is 9.45. The van der Waals surface area contributed by atoms with Crippen LogP contribution in [0.25, 0.3) is 0 Å². The van der Waals surface area contributed by atoms with Gasteiger partial charge in [-0.1, -0.05) is 37.1 Å². The molecule has 0 N–H and O–H groups in total. The minimum absolute atomic E-state index is 0.0124. The van der Waals surface area contributed by atoms with Crippen molar-refractivity contribution in [2.24, 2.45) is 34.0 Å². The van der Waals surface area contributed by atoms with Crippen molar-refractivity contribution >= 4 is 17.5 Å². The van der Waals surface area contributed by atoms with Gasteiger partial charge in [-0.25, -0.2) is 0 Å². The molecule has 150 valence electrons. The molecule has 0 bridgehead atoms. The number of esters is 1. The van der Waals surface area contributed by atoms with Crippen LogP contribution < -0.4 is 0 Å². The van der Waals surface area contributed by atoms with Crippen molar-refractivity contribution in [1.82, 2.24) is 0 Å². The molecular formula is C24H30O4. The van der Waals surface area contributed by atoms with E-state index in [1.165, 1.54) is 12.7 Å². The number of hydrogen-bond donors (Lipinski definition) is 0. The fourth-order valence-electron chi connectivity index (χ4n) is 7.79. The molecule has 3 unspecified atom stereocenters. The Kier molecular flexibility index (Phi) is 3.71. The number of methoxy groups -OCH3 is 1. The van der Waals surface area contributed by atoms with Crippen molar-refractivity contribution in [3.63, 3.8) is 0 Å². The normalized spacial score (nSPS) is 46.8. The summed E-state index contributed by atoms with van der Waals surface area (Å²) in [6.45, 7) is 4.57. The van der Waals surface area contributed by atoms with E-state index in [0.29, 0.717) is 31.0 Å². The molecule has 28 heavy (non-hydrogen) atoms. The second-order valence-electron chi connectivity index (χ2n) is 10.3. The molecule has 0 saturated heterocycles. The fourth-order valence-corrected chi connectivity index (χ4v) is 7.79. The van der Waals surface area contributed by atoms with Crippen LogP contribution in [0.3, 0.4) is 0 Å². The van der Waals surface area contributed by atoms with Crippen molar-refractivity contribution in [2.75, 3.05) is 7.11 Å². The summed E-state index contributed by atoms with van der Waals surface area (Å²) >= 11 is 0. The predicted octanol–water partition coefficient (Wildman–Crippen LogP) is 4.19. The van der Waals surface area contributed by atoms with Gasteiger partial charge in [0.05, 0.1) is 18.4 Å². The molecule has 0 aromatic heterocycles. The quantitative estimate of drug-likeness (QED) is 0.504. The Balaban J connectivity index is 1.67. The Hall–Kier alpha value is -1.71. The maximum Gasteiger partial charge on any atom is 0.313 e. The van der Waals surface area contributed by atoms with E-state index in [0.717, 1.165) is 37.7 Å². The first-order valence-electron chi connectivity index (χ1n) is 10.8. The van der Waals surface area contributed by atoms with Crippen LogP contribution in [0, 0.1) is 34.0 Å². The average molecular weight is 383 g/mol. The molecule has 3 fully saturated rings. The van der Waals surface area contributed by atoms with Crippen molar-refractivity contribution in [2.45, 2.75) is 65.2 Å². The predicted molar refractivity (Wildman–Crippen MR) is 104 cm³/mol. The van der Waals surface area contributed by atoms with Gasteiger partial charge in [-0.15, -0.1) is 0 Å². The molecule has 1 spiro atoms. The maximum atomic E-state index is 13.2. The van der Waals surface area contributed by atoms with E-state index in [9.17, 15) is 14.4 Å². The molecule has 0 radical (unpaired) electrons. The highest BCUT2D eigenvalue weighted by molar-refractivity contribution is 5.93. The topological polar surface area (TPSA) is 60.4 Å². The van der Waals surface area contributed by atoms with E-state index < -0.39 is 0 Å². The van der Waals surface area contributed by atoms with Gasteiger partial charge in [0.1, 0.15) is 11.6 Å². The molecule has 5 aliphatic rings. The third-order valence-corrected chi connectivity index (χ3v) is 9.40. The molecule has 6 atom stereocenters.